The molecule has 0 aliphatic carbocycles. The molecule has 0 radical (unpaired) electrons. The second kappa shape index (κ2) is 6.55. The summed E-state index contributed by atoms with van der Waals surface area (Å²) in [6.45, 7) is 6.40. The van der Waals surface area contributed by atoms with E-state index in [4.69, 9.17) is 4.42 Å². The summed E-state index contributed by atoms with van der Waals surface area (Å²) in [5.74, 6) is -0.294. The standard InChI is InChI=1S/C21H20FNO2/c1-21(2,3)14-8-10-15(11-9-14)23-20(24)19-13-12-18(25-19)16-6-4-5-7-17(16)22/h4-13H,1-3H3,(H,23,24). The number of carbonyl (C=O) groups excluding carboxylic acids is 1. The summed E-state index contributed by atoms with van der Waals surface area (Å²) in [5, 5.41) is 2.79. The number of anilines is 1. The van der Waals surface area contributed by atoms with E-state index in [1.54, 1.807) is 30.3 Å². The van der Waals surface area contributed by atoms with Gasteiger partial charge in [-0.05, 0) is 47.4 Å². The monoisotopic (exact) mass is 337 g/mol. The van der Waals surface area contributed by atoms with Crippen LogP contribution in [-0.2, 0) is 5.41 Å². The van der Waals surface area contributed by atoms with Crippen molar-refractivity contribution >= 4 is 11.6 Å². The molecule has 25 heavy (non-hydrogen) atoms. The van der Waals surface area contributed by atoms with Crippen molar-refractivity contribution in [3.8, 4) is 11.3 Å². The molecule has 1 heterocycles. The Hall–Kier alpha value is -2.88. The first-order valence-electron chi connectivity index (χ1n) is 8.11. The van der Waals surface area contributed by atoms with E-state index < -0.39 is 0 Å². The van der Waals surface area contributed by atoms with Gasteiger partial charge < -0.3 is 9.73 Å². The van der Waals surface area contributed by atoms with E-state index in [9.17, 15) is 9.18 Å². The fourth-order valence-corrected chi connectivity index (χ4v) is 2.51. The zero-order valence-corrected chi connectivity index (χ0v) is 14.5. The molecule has 0 aliphatic heterocycles. The molecular formula is C21H20FNO2. The number of furan rings is 1. The zero-order valence-electron chi connectivity index (χ0n) is 14.5. The summed E-state index contributed by atoms with van der Waals surface area (Å²) in [4.78, 5) is 12.3. The van der Waals surface area contributed by atoms with Crippen LogP contribution in [0.4, 0.5) is 10.1 Å². The van der Waals surface area contributed by atoms with E-state index in [0.29, 0.717) is 17.0 Å². The highest BCUT2D eigenvalue weighted by molar-refractivity contribution is 6.02. The van der Waals surface area contributed by atoms with E-state index in [1.807, 2.05) is 24.3 Å². The number of benzene rings is 2. The van der Waals surface area contributed by atoms with Gasteiger partial charge in [0, 0.05) is 5.69 Å². The van der Waals surface area contributed by atoms with Gasteiger partial charge in [-0.1, -0.05) is 45.0 Å². The van der Waals surface area contributed by atoms with Crippen molar-refractivity contribution in [2.75, 3.05) is 5.32 Å². The number of hydrogen-bond donors (Lipinski definition) is 1. The van der Waals surface area contributed by atoms with Crippen LogP contribution in [0.1, 0.15) is 36.9 Å². The minimum Gasteiger partial charge on any atom is -0.451 e. The Morgan fingerprint density at radius 2 is 1.64 bits per heavy atom. The minimum absolute atomic E-state index is 0.0538. The summed E-state index contributed by atoms with van der Waals surface area (Å²) in [7, 11) is 0. The highest BCUT2D eigenvalue weighted by Gasteiger charge is 2.16. The minimum atomic E-state index is -0.387. The van der Waals surface area contributed by atoms with Crippen molar-refractivity contribution in [3.05, 3.63) is 77.8 Å². The predicted octanol–water partition coefficient (Wildman–Crippen LogP) is 5.64. The smallest absolute Gasteiger partial charge is 0.291 e. The summed E-state index contributed by atoms with van der Waals surface area (Å²) in [5.41, 5.74) is 2.25. The van der Waals surface area contributed by atoms with Gasteiger partial charge in [0.2, 0.25) is 0 Å². The first-order chi connectivity index (χ1) is 11.8. The number of hydrogen-bond acceptors (Lipinski definition) is 2. The summed E-state index contributed by atoms with van der Waals surface area (Å²) >= 11 is 0. The lowest BCUT2D eigenvalue weighted by molar-refractivity contribution is 0.0997. The molecule has 0 saturated carbocycles. The first-order valence-corrected chi connectivity index (χ1v) is 8.11. The molecule has 3 aromatic rings. The second-order valence-corrected chi connectivity index (χ2v) is 6.93. The number of halogens is 1. The fourth-order valence-electron chi connectivity index (χ4n) is 2.51. The molecule has 2 aromatic carbocycles. The maximum absolute atomic E-state index is 13.8. The molecule has 3 nitrogen and oxygen atoms in total. The van der Waals surface area contributed by atoms with Gasteiger partial charge in [0.25, 0.3) is 5.91 Å². The van der Waals surface area contributed by atoms with Gasteiger partial charge in [-0.25, -0.2) is 4.39 Å². The molecule has 0 unspecified atom stereocenters. The van der Waals surface area contributed by atoms with Crippen molar-refractivity contribution in [2.45, 2.75) is 26.2 Å². The highest BCUT2D eigenvalue weighted by atomic mass is 19.1. The third kappa shape index (κ3) is 3.79. The Morgan fingerprint density at radius 1 is 0.960 bits per heavy atom. The average Bonchev–Trinajstić information content (AvgIpc) is 3.05. The molecule has 0 spiro atoms. The molecule has 1 amide bonds. The van der Waals surface area contributed by atoms with Gasteiger partial charge in [0.15, 0.2) is 5.76 Å². The Kier molecular flexibility index (Phi) is 4.45. The lowest BCUT2D eigenvalue weighted by Gasteiger charge is -2.19. The predicted molar refractivity (Wildman–Crippen MR) is 97.2 cm³/mol. The van der Waals surface area contributed by atoms with Crippen LogP contribution in [0.25, 0.3) is 11.3 Å². The van der Waals surface area contributed by atoms with Crippen LogP contribution in [0.5, 0.6) is 0 Å². The van der Waals surface area contributed by atoms with E-state index in [1.165, 1.54) is 11.6 Å². The van der Waals surface area contributed by atoms with Crippen LogP contribution in [-0.4, -0.2) is 5.91 Å². The molecule has 1 N–H and O–H groups in total. The van der Waals surface area contributed by atoms with Crippen LogP contribution >= 0.6 is 0 Å². The lowest BCUT2D eigenvalue weighted by Crippen LogP contribution is -2.13. The zero-order chi connectivity index (χ0) is 18.0. The third-order valence-corrected chi connectivity index (χ3v) is 3.98. The molecule has 128 valence electrons. The van der Waals surface area contributed by atoms with Crippen LogP contribution in [0, 0.1) is 5.82 Å². The van der Waals surface area contributed by atoms with E-state index >= 15 is 0 Å². The van der Waals surface area contributed by atoms with E-state index in [0.717, 1.165) is 0 Å². The Balaban J connectivity index is 1.75. The lowest BCUT2D eigenvalue weighted by atomic mass is 9.87. The van der Waals surface area contributed by atoms with Crippen LogP contribution < -0.4 is 5.32 Å². The largest absolute Gasteiger partial charge is 0.451 e. The van der Waals surface area contributed by atoms with Crippen molar-refractivity contribution in [2.24, 2.45) is 0 Å². The van der Waals surface area contributed by atoms with Gasteiger partial charge in [-0.3, -0.25) is 4.79 Å². The maximum Gasteiger partial charge on any atom is 0.291 e. The SMILES string of the molecule is CC(C)(C)c1ccc(NC(=O)c2ccc(-c3ccccc3F)o2)cc1. The highest BCUT2D eigenvalue weighted by Crippen LogP contribution is 2.26. The number of amides is 1. The Morgan fingerprint density at radius 3 is 2.28 bits per heavy atom. The molecule has 0 bridgehead atoms. The number of rotatable bonds is 3. The van der Waals surface area contributed by atoms with Crippen molar-refractivity contribution in [3.63, 3.8) is 0 Å². The first kappa shape index (κ1) is 17.0. The molecule has 3 rings (SSSR count). The number of nitrogens with one attached hydrogen (secondary N) is 1. The Labute approximate surface area is 146 Å². The van der Waals surface area contributed by atoms with Crippen molar-refractivity contribution < 1.29 is 13.6 Å². The molecule has 0 saturated heterocycles. The van der Waals surface area contributed by atoms with Crippen molar-refractivity contribution in [1.82, 2.24) is 0 Å². The topological polar surface area (TPSA) is 42.2 Å². The van der Waals surface area contributed by atoms with Gasteiger partial charge in [0.05, 0.1) is 5.56 Å². The summed E-state index contributed by atoms with van der Waals surface area (Å²) in [6.07, 6.45) is 0. The van der Waals surface area contributed by atoms with Crippen molar-refractivity contribution in [1.29, 1.82) is 0 Å². The summed E-state index contributed by atoms with van der Waals surface area (Å²) in [6, 6.07) is 17.1. The van der Waals surface area contributed by atoms with Crippen LogP contribution in [0.15, 0.2) is 65.1 Å². The van der Waals surface area contributed by atoms with Gasteiger partial charge >= 0.3 is 0 Å². The Bertz CT molecular complexity index is 889. The second-order valence-electron chi connectivity index (χ2n) is 6.93. The van der Waals surface area contributed by atoms with E-state index in [-0.39, 0.29) is 22.9 Å². The molecule has 0 atom stereocenters. The summed E-state index contributed by atoms with van der Waals surface area (Å²) < 4.78 is 19.3. The molecular weight excluding hydrogens is 317 g/mol. The van der Waals surface area contributed by atoms with Crippen LogP contribution in [0.2, 0.25) is 0 Å². The van der Waals surface area contributed by atoms with Gasteiger partial charge in [-0.15, -0.1) is 0 Å². The van der Waals surface area contributed by atoms with E-state index in [2.05, 4.69) is 26.1 Å². The van der Waals surface area contributed by atoms with Gasteiger partial charge in [0.1, 0.15) is 11.6 Å². The molecule has 4 heteroatoms. The third-order valence-electron chi connectivity index (χ3n) is 3.98. The average molecular weight is 337 g/mol. The molecule has 0 fully saturated rings. The van der Waals surface area contributed by atoms with Gasteiger partial charge in [-0.2, -0.15) is 0 Å². The fraction of sp³-hybridized carbons (Fsp3) is 0.190. The maximum atomic E-state index is 13.8. The normalized spacial score (nSPS) is 11.4. The molecule has 1 aromatic heterocycles. The quantitative estimate of drug-likeness (QED) is 0.672. The van der Waals surface area contributed by atoms with Crippen LogP contribution in [0.3, 0.4) is 0 Å². The molecule has 0 aliphatic rings. The number of carbonyl (C=O) groups is 1.